The second kappa shape index (κ2) is 9.00. The molecule has 0 aliphatic heterocycles. The summed E-state index contributed by atoms with van der Waals surface area (Å²) in [6.45, 7) is 3.34. The molecule has 9 heteroatoms. The first-order valence-corrected chi connectivity index (χ1v) is 8.29. The number of nitrogens with two attached hydrogens (primary N) is 1. The highest BCUT2D eigenvalue weighted by Crippen LogP contribution is 2.25. The molecule has 0 atom stereocenters. The highest BCUT2D eigenvalue weighted by molar-refractivity contribution is 6.32. The Morgan fingerprint density at radius 1 is 1.22 bits per heavy atom. The van der Waals surface area contributed by atoms with Crippen molar-refractivity contribution in [1.82, 2.24) is 0 Å². The number of halogens is 1. The van der Waals surface area contributed by atoms with Crippen LogP contribution in [0.3, 0.4) is 0 Å². The molecule has 2 N–H and O–H groups in total. The van der Waals surface area contributed by atoms with Crippen molar-refractivity contribution in [1.29, 1.82) is 0 Å². The van der Waals surface area contributed by atoms with Crippen LogP contribution in [-0.4, -0.2) is 23.3 Å². The van der Waals surface area contributed by atoms with E-state index >= 15 is 0 Å². The molecule has 2 aromatic rings. The van der Waals surface area contributed by atoms with Crippen molar-refractivity contribution in [3.8, 4) is 5.75 Å². The van der Waals surface area contributed by atoms with Gasteiger partial charge in [0, 0.05) is 23.6 Å². The van der Waals surface area contributed by atoms with Gasteiger partial charge in [-0.1, -0.05) is 28.9 Å². The van der Waals surface area contributed by atoms with E-state index in [1.807, 2.05) is 13.8 Å². The van der Waals surface area contributed by atoms with Crippen molar-refractivity contribution in [2.24, 2.45) is 10.9 Å². The lowest BCUT2D eigenvalue weighted by Crippen LogP contribution is -2.19. The Morgan fingerprint density at radius 2 is 1.81 bits per heavy atom. The Kier molecular flexibility index (Phi) is 6.73. The molecular weight excluding hydrogens is 374 g/mol. The molecule has 0 bridgehead atoms. The minimum Gasteiger partial charge on any atom is -0.482 e. The van der Waals surface area contributed by atoms with Crippen LogP contribution in [0.2, 0.25) is 5.02 Å². The van der Waals surface area contributed by atoms with E-state index in [4.69, 9.17) is 26.9 Å². The maximum atomic E-state index is 11.7. The average Bonchev–Trinajstić information content (AvgIpc) is 2.63. The van der Waals surface area contributed by atoms with E-state index in [1.165, 1.54) is 12.1 Å². The number of oxime groups is 1. The van der Waals surface area contributed by atoms with Gasteiger partial charge in [-0.25, -0.2) is 4.79 Å². The zero-order valence-electron chi connectivity index (χ0n) is 14.8. The Bertz CT molecular complexity index is 858. The van der Waals surface area contributed by atoms with Crippen molar-refractivity contribution in [3.05, 3.63) is 68.2 Å². The average molecular weight is 392 g/mol. The van der Waals surface area contributed by atoms with Crippen molar-refractivity contribution in [2.75, 3.05) is 6.61 Å². The van der Waals surface area contributed by atoms with Crippen LogP contribution in [0, 0.1) is 24.0 Å². The van der Waals surface area contributed by atoms with Gasteiger partial charge in [0.15, 0.2) is 6.61 Å². The highest BCUT2D eigenvalue weighted by Gasteiger charge is 2.09. The molecule has 0 amide bonds. The monoisotopic (exact) mass is 391 g/mol. The summed E-state index contributed by atoms with van der Waals surface area (Å²) in [5.74, 6) is -0.170. The summed E-state index contributed by atoms with van der Waals surface area (Å²) < 4.78 is 5.36. The number of hydrogen-bond acceptors (Lipinski definition) is 6. The number of nitro groups is 1. The van der Waals surface area contributed by atoms with Crippen LogP contribution >= 0.6 is 11.6 Å². The molecule has 27 heavy (non-hydrogen) atoms. The van der Waals surface area contributed by atoms with Crippen LogP contribution < -0.4 is 10.5 Å². The second-order valence-electron chi connectivity index (χ2n) is 5.81. The molecule has 142 valence electrons. The molecule has 0 unspecified atom stereocenters. The number of rotatable bonds is 7. The summed E-state index contributed by atoms with van der Waals surface area (Å²) >= 11 is 6.08. The predicted molar refractivity (Wildman–Crippen MR) is 101 cm³/mol. The molecule has 0 fully saturated rings. The molecule has 0 saturated carbocycles. The van der Waals surface area contributed by atoms with E-state index in [-0.39, 0.29) is 24.6 Å². The van der Waals surface area contributed by atoms with Crippen LogP contribution in [0.4, 0.5) is 5.69 Å². The summed E-state index contributed by atoms with van der Waals surface area (Å²) in [5.41, 5.74) is 8.05. The van der Waals surface area contributed by atoms with Gasteiger partial charge in [-0.2, -0.15) is 0 Å². The summed E-state index contributed by atoms with van der Waals surface area (Å²) in [5, 5.41) is 14.8. The first-order chi connectivity index (χ1) is 12.8. The summed E-state index contributed by atoms with van der Waals surface area (Å²) in [6, 6.07) is 9.26. The van der Waals surface area contributed by atoms with Crippen molar-refractivity contribution in [2.45, 2.75) is 20.3 Å². The molecular formula is C18H18ClN3O5. The molecule has 0 aliphatic carbocycles. The molecule has 0 aliphatic rings. The predicted octanol–water partition coefficient (Wildman–Crippen LogP) is 3.30. The molecule has 8 nitrogen and oxygen atoms in total. The Morgan fingerprint density at radius 3 is 2.37 bits per heavy atom. The molecule has 0 aromatic heterocycles. The number of amidine groups is 1. The first-order valence-electron chi connectivity index (χ1n) is 7.91. The van der Waals surface area contributed by atoms with E-state index in [9.17, 15) is 14.9 Å². The van der Waals surface area contributed by atoms with Crippen molar-refractivity contribution in [3.63, 3.8) is 0 Å². The van der Waals surface area contributed by atoms with Crippen LogP contribution in [0.15, 0.2) is 41.6 Å². The van der Waals surface area contributed by atoms with Gasteiger partial charge in [0.2, 0.25) is 0 Å². The van der Waals surface area contributed by atoms with Gasteiger partial charge in [0.05, 0.1) is 4.92 Å². The fourth-order valence-corrected chi connectivity index (χ4v) is 2.35. The Hall–Kier alpha value is -3.13. The molecule has 0 saturated heterocycles. The summed E-state index contributed by atoms with van der Waals surface area (Å²) in [6.07, 6.45) is 0.182. The quantitative estimate of drug-likeness (QED) is 0.254. The maximum Gasteiger partial charge on any atom is 0.372 e. The first kappa shape index (κ1) is 20.2. The van der Waals surface area contributed by atoms with E-state index in [0.717, 1.165) is 11.1 Å². The van der Waals surface area contributed by atoms with Gasteiger partial charge < -0.3 is 15.3 Å². The lowest BCUT2D eigenvalue weighted by molar-refractivity contribution is -0.384. The number of carbonyl (C=O) groups is 1. The van der Waals surface area contributed by atoms with Crippen LogP contribution in [0.25, 0.3) is 0 Å². The third-order valence-electron chi connectivity index (χ3n) is 3.56. The standard InChI is InChI=1S/C18H18ClN3O5/c1-11-7-15(8-12(2)18(11)19)26-10-17(23)27-21-16(20)9-13-3-5-14(6-4-13)22(24)25/h3-8H,9-10H2,1-2H3,(H2,20,21). The summed E-state index contributed by atoms with van der Waals surface area (Å²) in [4.78, 5) is 26.5. The van der Waals surface area contributed by atoms with E-state index in [1.54, 1.807) is 24.3 Å². The minimum absolute atomic E-state index is 0.0227. The fourth-order valence-electron chi connectivity index (χ4n) is 2.24. The van der Waals surface area contributed by atoms with Gasteiger partial charge in [0.1, 0.15) is 11.6 Å². The molecule has 0 spiro atoms. The van der Waals surface area contributed by atoms with Gasteiger partial charge in [-0.15, -0.1) is 0 Å². The number of non-ortho nitro benzene ring substituents is 1. The van der Waals surface area contributed by atoms with Gasteiger partial charge in [-0.05, 0) is 42.7 Å². The second-order valence-corrected chi connectivity index (χ2v) is 6.18. The third kappa shape index (κ3) is 5.96. The largest absolute Gasteiger partial charge is 0.482 e. The molecule has 0 heterocycles. The SMILES string of the molecule is Cc1cc(OCC(=O)O/N=C(/N)Cc2ccc([N+](=O)[O-])cc2)cc(C)c1Cl. The van der Waals surface area contributed by atoms with Gasteiger partial charge >= 0.3 is 5.97 Å². The lowest BCUT2D eigenvalue weighted by atomic mass is 10.1. The van der Waals surface area contributed by atoms with Gasteiger partial charge in [0.25, 0.3) is 5.69 Å². The minimum atomic E-state index is -0.716. The number of carbonyl (C=O) groups excluding carboxylic acids is 1. The lowest BCUT2D eigenvalue weighted by Gasteiger charge is -2.08. The number of benzene rings is 2. The molecule has 2 aromatic carbocycles. The number of aryl methyl sites for hydroxylation is 2. The number of nitrogens with zero attached hydrogens (tertiary/aromatic N) is 2. The van der Waals surface area contributed by atoms with E-state index in [0.29, 0.717) is 16.3 Å². The van der Waals surface area contributed by atoms with Crippen molar-refractivity contribution >= 4 is 29.1 Å². The molecule has 2 rings (SSSR count). The number of ether oxygens (including phenoxy) is 1. The summed E-state index contributed by atoms with van der Waals surface area (Å²) in [7, 11) is 0. The number of hydrogen-bond donors (Lipinski definition) is 1. The third-order valence-corrected chi connectivity index (χ3v) is 4.16. The van der Waals surface area contributed by atoms with Crippen LogP contribution in [0.1, 0.15) is 16.7 Å². The smallest absolute Gasteiger partial charge is 0.372 e. The van der Waals surface area contributed by atoms with Crippen LogP contribution in [-0.2, 0) is 16.1 Å². The van der Waals surface area contributed by atoms with Crippen molar-refractivity contribution < 1.29 is 19.3 Å². The van der Waals surface area contributed by atoms with Crippen LogP contribution in [0.5, 0.6) is 5.75 Å². The normalized spacial score (nSPS) is 11.1. The Balaban J connectivity index is 1.85. The van der Waals surface area contributed by atoms with E-state index in [2.05, 4.69) is 5.16 Å². The zero-order chi connectivity index (χ0) is 20.0. The van der Waals surface area contributed by atoms with Gasteiger partial charge in [-0.3, -0.25) is 10.1 Å². The molecule has 0 radical (unpaired) electrons. The fraction of sp³-hybridized carbons (Fsp3) is 0.222. The topological polar surface area (TPSA) is 117 Å². The maximum absolute atomic E-state index is 11.7. The zero-order valence-corrected chi connectivity index (χ0v) is 15.5. The number of nitro benzene ring substituents is 1. The van der Waals surface area contributed by atoms with E-state index < -0.39 is 10.9 Å². The highest BCUT2D eigenvalue weighted by atomic mass is 35.5. The Labute approximate surface area is 160 Å².